The van der Waals surface area contributed by atoms with Crippen LogP contribution in [-0.4, -0.2) is 22.7 Å². The molecule has 3 N–H and O–H groups in total. The van der Waals surface area contributed by atoms with Crippen LogP contribution in [-0.2, 0) is 22.4 Å². The van der Waals surface area contributed by atoms with E-state index in [9.17, 15) is 9.59 Å². The molecule has 160 valence electrons. The van der Waals surface area contributed by atoms with E-state index in [4.69, 9.17) is 5.73 Å². The lowest BCUT2D eigenvalue weighted by Gasteiger charge is -2.17. The largest absolute Gasteiger partial charge is 0.384 e. The number of amides is 1. The molecule has 3 atom stereocenters. The Morgan fingerprint density at radius 1 is 1.20 bits per heavy atom. The number of nitrogens with one attached hydrogen (secondary N) is 1. The van der Waals surface area contributed by atoms with Crippen molar-refractivity contribution < 1.29 is 9.59 Å². The molecule has 0 radical (unpaired) electrons. The van der Waals surface area contributed by atoms with Crippen LogP contribution in [0.4, 0.5) is 5.82 Å². The number of Topliss-reactive ketones (excluding diaryl/α,β-unsaturated/α-hetero) is 1. The number of benzene rings is 1. The van der Waals surface area contributed by atoms with E-state index in [1.807, 2.05) is 19.1 Å². The van der Waals surface area contributed by atoms with E-state index < -0.39 is 6.04 Å². The molecular formula is C24H30BrN3O2. The van der Waals surface area contributed by atoms with Gasteiger partial charge in [0.15, 0.2) is 5.78 Å². The smallest absolute Gasteiger partial charge is 0.223 e. The van der Waals surface area contributed by atoms with E-state index in [0.717, 1.165) is 41.4 Å². The molecule has 0 saturated heterocycles. The zero-order valence-corrected chi connectivity index (χ0v) is 19.2. The molecule has 6 heteroatoms. The summed E-state index contributed by atoms with van der Waals surface area (Å²) in [6.45, 7) is 3.67. The number of aryl methyl sites for hydroxylation is 2. The number of hydrogen-bond acceptors (Lipinski definition) is 4. The summed E-state index contributed by atoms with van der Waals surface area (Å²) in [7, 11) is 0. The third-order valence-corrected chi connectivity index (χ3v) is 6.85. The number of nitrogens with zero attached hydrogens (tertiary/aromatic N) is 1. The SMILES string of the molecule is Cc1nc(N)ccc1CCC(=O)[C@H](C)NC(=O)[C@@H]1CC[C@@H](Cc2ccccc2Br)C1. The molecule has 1 saturated carbocycles. The molecule has 1 aliphatic rings. The molecule has 1 aromatic heterocycles. The Kier molecular flexibility index (Phi) is 7.64. The third-order valence-electron chi connectivity index (χ3n) is 6.08. The predicted molar refractivity (Wildman–Crippen MR) is 123 cm³/mol. The second-order valence-corrected chi connectivity index (χ2v) is 9.20. The Hall–Kier alpha value is -2.21. The summed E-state index contributed by atoms with van der Waals surface area (Å²) in [5, 5.41) is 2.94. The van der Waals surface area contributed by atoms with Crippen LogP contribution in [0, 0.1) is 18.8 Å². The number of carbonyl (C=O) groups excluding carboxylic acids is 2. The molecule has 1 fully saturated rings. The molecule has 1 amide bonds. The van der Waals surface area contributed by atoms with Gasteiger partial charge in [-0.3, -0.25) is 9.59 Å². The normalized spacial score (nSPS) is 19.4. The van der Waals surface area contributed by atoms with E-state index in [1.165, 1.54) is 5.56 Å². The van der Waals surface area contributed by atoms with Gasteiger partial charge in [-0.2, -0.15) is 0 Å². The van der Waals surface area contributed by atoms with Crippen molar-refractivity contribution in [2.45, 2.75) is 58.4 Å². The highest BCUT2D eigenvalue weighted by Gasteiger charge is 2.31. The van der Waals surface area contributed by atoms with E-state index in [2.05, 4.69) is 44.4 Å². The number of anilines is 1. The van der Waals surface area contributed by atoms with Gasteiger partial charge in [-0.1, -0.05) is 40.2 Å². The van der Waals surface area contributed by atoms with Gasteiger partial charge in [0.2, 0.25) is 5.91 Å². The number of ketones is 1. The first kappa shape index (κ1) is 22.5. The van der Waals surface area contributed by atoms with Crippen LogP contribution in [0.3, 0.4) is 0 Å². The summed E-state index contributed by atoms with van der Waals surface area (Å²) in [4.78, 5) is 29.5. The molecule has 5 nitrogen and oxygen atoms in total. The van der Waals surface area contributed by atoms with E-state index in [1.54, 1.807) is 13.0 Å². The molecule has 3 rings (SSSR count). The van der Waals surface area contributed by atoms with Gasteiger partial charge in [0.05, 0.1) is 6.04 Å². The maximum atomic E-state index is 12.7. The Morgan fingerprint density at radius 3 is 2.70 bits per heavy atom. The molecule has 0 unspecified atom stereocenters. The van der Waals surface area contributed by atoms with Crippen molar-refractivity contribution >= 4 is 33.4 Å². The lowest BCUT2D eigenvalue weighted by atomic mass is 9.96. The zero-order chi connectivity index (χ0) is 21.7. The monoisotopic (exact) mass is 471 g/mol. The molecule has 0 spiro atoms. The van der Waals surface area contributed by atoms with Gasteiger partial charge in [0, 0.05) is 22.5 Å². The highest BCUT2D eigenvalue weighted by Crippen LogP contribution is 2.34. The van der Waals surface area contributed by atoms with E-state index in [0.29, 0.717) is 24.6 Å². The van der Waals surface area contributed by atoms with Crippen LogP contribution in [0.5, 0.6) is 0 Å². The van der Waals surface area contributed by atoms with Crippen molar-refractivity contribution in [2.24, 2.45) is 11.8 Å². The summed E-state index contributed by atoms with van der Waals surface area (Å²) in [5.41, 5.74) is 8.83. The quantitative estimate of drug-likeness (QED) is 0.597. The number of pyridine rings is 1. The number of carbonyl (C=O) groups is 2. The lowest BCUT2D eigenvalue weighted by Crippen LogP contribution is -2.41. The zero-order valence-electron chi connectivity index (χ0n) is 17.7. The van der Waals surface area contributed by atoms with Crippen LogP contribution in [0.15, 0.2) is 40.9 Å². The summed E-state index contributed by atoms with van der Waals surface area (Å²) in [6.07, 6.45) is 4.78. The minimum Gasteiger partial charge on any atom is -0.384 e. The fraction of sp³-hybridized carbons (Fsp3) is 0.458. The summed E-state index contributed by atoms with van der Waals surface area (Å²) in [5.74, 6) is 1.04. The topological polar surface area (TPSA) is 85.1 Å². The number of aromatic nitrogens is 1. The maximum Gasteiger partial charge on any atom is 0.223 e. The van der Waals surface area contributed by atoms with Crippen LogP contribution >= 0.6 is 15.9 Å². The molecule has 2 aromatic rings. The highest BCUT2D eigenvalue weighted by atomic mass is 79.9. The number of nitrogen functional groups attached to an aromatic ring is 1. The Labute approximate surface area is 187 Å². The molecule has 1 heterocycles. The van der Waals surface area contributed by atoms with Crippen LogP contribution < -0.4 is 11.1 Å². The molecule has 1 aromatic carbocycles. The van der Waals surface area contributed by atoms with Gasteiger partial charge in [-0.15, -0.1) is 0 Å². The van der Waals surface area contributed by atoms with E-state index >= 15 is 0 Å². The number of hydrogen-bond donors (Lipinski definition) is 2. The molecule has 0 bridgehead atoms. The van der Waals surface area contributed by atoms with Crippen LogP contribution in [0.25, 0.3) is 0 Å². The van der Waals surface area contributed by atoms with Gasteiger partial charge in [0.1, 0.15) is 5.82 Å². The average molecular weight is 472 g/mol. The Morgan fingerprint density at radius 2 is 1.97 bits per heavy atom. The van der Waals surface area contributed by atoms with Crippen LogP contribution in [0.1, 0.15) is 49.4 Å². The average Bonchev–Trinajstić information content (AvgIpc) is 3.17. The predicted octanol–water partition coefficient (Wildman–Crippen LogP) is 4.40. The molecule has 30 heavy (non-hydrogen) atoms. The number of halogens is 1. The van der Waals surface area contributed by atoms with Crippen molar-refractivity contribution in [1.29, 1.82) is 0 Å². The van der Waals surface area contributed by atoms with Crippen molar-refractivity contribution in [2.75, 3.05) is 5.73 Å². The first-order valence-corrected chi connectivity index (χ1v) is 11.4. The highest BCUT2D eigenvalue weighted by molar-refractivity contribution is 9.10. The number of rotatable bonds is 8. The second kappa shape index (κ2) is 10.2. The van der Waals surface area contributed by atoms with Gasteiger partial charge < -0.3 is 11.1 Å². The van der Waals surface area contributed by atoms with Gasteiger partial charge in [0.25, 0.3) is 0 Å². The van der Waals surface area contributed by atoms with Crippen LogP contribution in [0.2, 0.25) is 0 Å². The van der Waals surface area contributed by atoms with Crippen molar-refractivity contribution in [3.05, 3.63) is 57.7 Å². The first-order valence-electron chi connectivity index (χ1n) is 10.6. The van der Waals surface area contributed by atoms with Crippen molar-refractivity contribution in [3.63, 3.8) is 0 Å². The minimum absolute atomic E-state index is 0.00344. The van der Waals surface area contributed by atoms with Gasteiger partial charge in [-0.25, -0.2) is 4.98 Å². The molecule has 0 aliphatic heterocycles. The van der Waals surface area contributed by atoms with Crippen molar-refractivity contribution in [1.82, 2.24) is 10.3 Å². The minimum atomic E-state index is -0.470. The molecular weight excluding hydrogens is 442 g/mol. The number of nitrogens with two attached hydrogens (primary N) is 1. The third kappa shape index (κ3) is 5.91. The lowest BCUT2D eigenvalue weighted by molar-refractivity contribution is -0.129. The first-order chi connectivity index (χ1) is 14.3. The van der Waals surface area contributed by atoms with Crippen molar-refractivity contribution in [3.8, 4) is 0 Å². The van der Waals surface area contributed by atoms with Gasteiger partial charge >= 0.3 is 0 Å². The molecule has 1 aliphatic carbocycles. The van der Waals surface area contributed by atoms with E-state index in [-0.39, 0.29) is 17.6 Å². The second-order valence-electron chi connectivity index (χ2n) is 8.35. The fourth-order valence-electron chi connectivity index (χ4n) is 4.23. The summed E-state index contributed by atoms with van der Waals surface area (Å²) < 4.78 is 1.13. The Balaban J connectivity index is 1.45. The maximum absolute atomic E-state index is 12.7. The fourth-order valence-corrected chi connectivity index (χ4v) is 4.68. The summed E-state index contributed by atoms with van der Waals surface area (Å²) in [6, 6.07) is 11.5. The van der Waals surface area contributed by atoms with Gasteiger partial charge in [-0.05, 0) is 75.1 Å². The Bertz CT molecular complexity index is 915. The standard InChI is InChI=1S/C24H30BrN3O2/c1-15-18(10-12-23(26)27-15)9-11-22(29)16(2)28-24(30)20-8-7-17(14-20)13-19-5-3-4-6-21(19)25/h3-6,10,12,16-17,20H,7-9,11,13-14H2,1-2H3,(H2,26,27)(H,28,30)/t16-,17-,20+/m0/s1. The summed E-state index contributed by atoms with van der Waals surface area (Å²) >= 11 is 3.61.